The minimum atomic E-state index is -0.0507. The third-order valence-corrected chi connectivity index (χ3v) is 4.43. The van der Waals surface area contributed by atoms with Crippen molar-refractivity contribution < 1.29 is 5.21 Å². The van der Waals surface area contributed by atoms with Crippen LogP contribution < -0.4 is 0 Å². The molecule has 1 aromatic carbocycles. The van der Waals surface area contributed by atoms with Gasteiger partial charge in [-0.05, 0) is 0 Å². The van der Waals surface area contributed by atoms with E-state index in [1.165, 1.54) is 0 Å². The monoisotopic (exact) mass is 258 g/mol. The molecule has 4 aliphatic heterocycles. The molecule has 19 heavy (non-hydrogen) atoms. The zero-order chi connectivity index (χ0) is 12.9. The molecule has 4 bridgehead atoms. The standard InChI is InChI=1S/C14H18N4O/c19-15-13(12-4-2-1-3-5-12)14-6-16-9-17(7-14)11-18(8-14)10-16/h1-5,19H,6-11H2. The number of rotatable bonds is 2. The lowest BCUT2D eigenvalue weighted by Crippen LogP contribution is -2.74. The second kappa shape index (κ2) is 4.03. The molecule has 4 aliphatic rings. The lowest BCUT2D eigenvalue weighted by atomic mass is 9.74. The summed E-state index contributed by atoms with van der Waals surface area (Å²) in [7, 11) is 0. The molecule has 4 heterocycles. The minimum Gasteiger partial charge on any atom is -0.411 e. The van der Waals surface area contributed by atoms with Gasteiger partial charge in [0.05, 0.1) is 31.1 Å². The van der Waals surface area contributed by atoms with Crippen LogP contribution in [0, 0.1) is 5.41 Å². The molecule has 5 rings (SSSR count). The fourth-order valence-electron chi connectivity index (χ4n) is 4.01. The van der Waals surface area contributed by atoms with Crippen LogP contribution in [0.25, 0.3) is 0 Å². The van der Waals surface area contributed by atoms with Gasteiger partial charge in [-0.1, -0.05) is 35.5 Å². The Labute approximate surface area is 112 Å². The van der Waals surface area contributed by atoms with E-state index < -0.39 is 0 Å². The van der Waals surface area contributed by atoms with E-state index in [0.29, 0.717) is 0 Å². The molecule has 4 fully saturated rings. The van der Waals surface area contributed by atoms with Gasteiger partial charge in [-0.3, -0.25) is 14.7 Å². The molecule has 0 aliphatic carbocycles. The summed E-state index contributed by atoms with van der Waals surface area (Å²) in [6.45, 7) is 6.13. The first kappa shape index (κ1) is 11.4. The first-order chi connectivity index (χ1) is 9.29. The fraction of sp³-hybridized carbons (Fsp3) is 0.500. The quantitative estimate of drug-likeness (QED) is 0.481. The minimum absolute atomic E-state index is 0.0507. The maximum atomic E-state index is 9.57. The lowest BCUT2D eigenvalue weighted by Gasteiger charge is -2.60. The van der Waals surface area contributed by atoms with E-state index in [2.05, 4.69) is 19.9 Å². The Morgan fingerprint density at radius 2 is 1.47 bits per heavy atom. The highest BCUT2D eigenvalue weighted by atomic mass is 16.4. The fourth-order valence-corrected chi connectivity index (χ4v) is 4.01. The van der Waals surface area contributed by atoms with Crippen LogP contribution in [0.15, 0.2) is 35.5 Å². The molecule has 1 aromatic rings. The largest absolute Gasteiger partial charge is 0.411 e. The van der Waals surface area contributed by atoms with E-state index in [1.54, 1.807) is 0 Å². The summed E-state index contributed by atoms with van der Waals surface area (Å²) in [5.74, 6) is 0. The number of oxime groups is 1. The van der Waals surface area contributed by atoms with Gasteiger partial charge in [-0.2, -0.15) is 0 Å². The molecule has 1 N–H and O–H groups in total. The van der Waals surface area contributed by atoms with Crippen LogP contribution in [0.4, 0.5) is 0 Å². The molecule has 100 valence electrons. The smallest absolute Gasteiger partial charge is 0.0967 e. The molecule has 0 amide bonds. The van der Waals surface area contributed by atoms with Gasteiger partial charge in [0.25, 0.3) is 0 Å². The molecule has 0 aromatic heterocycles. The molecule has 4 saturated heterocycles. The molecule has 5 nitrogen and oxygen atoms in total. The van der Waals surface area contributed by atoms with Crippen molar-refractivity contribution in [2.45, 2.75) is 0 Å². The zero-order valence-corrected chi connectivity index (χ0v) is 10.9. The maximum absolute atomic E-state index is 9.57. The predicted octanol–water partition coefficient (Wildman–Crippen LogP) is 0.671. The third kappa shape index (κ3) is 1.69. The summed E-state index contributed by atoms with van der Waals surface area (Å²) in [6, 6.07) is 10.1. The Hall–Kier alpha value is -1.43. The topological polar surface area (TPSA) is 42.3 Å². The van der Waals surface area contributed by atoms with E-state index in [0.717, 1.165) is 50.9 Å². The van der Waals surface area contributed by atoms with Crippen LogP contribution in [-0.2, 0) is 0 Å². The maximum Gasteiger partial charge on any atom is 0.0967 e. The summed E-state index contributed by atoms with van der Waals surface area (Å²) < 4.78 is 0. The number of nitrogens with zero attached hydrogens (tertiary/aromatic N) is 4. The van der Waals surface area contributed by atoms with Crippen LogP contribution in [0.2, 0.25) is 0 Å². The number of benzene rings is 1. The van der Waals surface area contributed by atoms with Crippen molar-refractivity contribution in [2.24, 2.45) is 10.6 Å². The second-order valence-electron chi connectivity index (χ2n) is 6.01. The predicted molar refractivity (Wildman–Crippen MR) is 71.9 cm³/mol. The Balaban J connectivity index is 1.74. The summed E-state index contributed by atoms with van der Waals surface area (Å²) in [4.78, 5) is 7.31. The van der Waals surface area contributed by atoms with Crippen LogP contribution >= 0.6 is 0 Å². The lowest BCUT2D eigenvalue weighted by molar-refractivity contribution is -0.149. The normalized spacial score (nSPS) is 40.6. The molecular formula is C14H18N4O. The average Bonchev–Trinajstić information content (AvgIpc) is 2.38. The summed E-state index contributed by atoms with van der Waals surface area (Å²) >= 11 is 0. The van der Waals surface area contributed by atoms with Crippen molar-refractivity contribution in [2.75, 3.05) is 39.6 Å². The van der Waals surface area contributed by atoms with Gasteiger partial charge in [-0.25, -0.2) is 0 Å². The average molecular weight is 258 g/mol. The highest BCUT2D eigenvalue weighted by Gasteiger charge is 2.51. The Morgan fingerprint density at radius 1 is 0.947 bits per heavy atom. The molecular weight excluding hydrogens is 240 g/mol. The Morgan fingerprint density at radius 3 is 1.95 bits per heavy atom. The van der Waals surface area contributed by atoms with Crippen molar-refractivity contribution in [1.29, 1.82) is 0 Å². The van der Waals surface area contributed by atoms with Crippen LogP contribution in [0.3, 0.4) is 0 Å². The van der Waals surface area contributed by atoms with E-state index in [-0.39, 0.29) is 5.41 Å². The van der Waals surface area contributed by atoms with Gasteiger partial charge in [0.15, 0.2) is 0 Å². The highest BCUT2D eigenvalue weighted by Crippen LogP contribution is 2.38. The van der Waals surface area contributed by atoms with E-state index in [4.69, 9.17) is 0 Å². The van der Waals surface area contributed by atoms with Crippen molar-refractivity contribution >= 4 is 5.71 Å². The molecule has 0 atom stereocenters. The van der Waals surface area contributed by atoms with Crippen molar-refractivity contribution in [3.8, 4) is 0 Å². The Kier molecular flexibility index (Phi) is 2.42. The van der Waals surface area contributed by atoms with Gasteiger partial charge in [0.1, 0.15) is 0 Å². The van der Waals surface area contributed by atoms with Crippen molar-refractivity contribution in [1.82, 2.24) is 14.7 Å². The number of hydrogen-bond acceptors (Lipinski definition) is 5. The first-order valence-electron chi connectivity index (χ1n) is 6.74. The van der Waals surface area contributed by atoms with Crippen LogP contribution in [0.5, 0.6) is 0 Å². The summed E-state index contributed by atoms with van der Waals surface area (Å²) in [5, 5.41) is 13.3. The van der Waals surface area contributed by atoms with Gasteiger partial charge in [0, 0.05) is 25.2 Å². The van der Waals surface area contributed by atoms with Gasteiger partial charge < -0.3 is 5.21 Å². The van der Waals surface area contributed by atoms with Crippen molar-refractivity contribution in [3.05, 3.63) is 35.9 Å². The molecule has 5 heteroatoms. The van der Waals surface area contributed by atoms with Crippen LogP contribution in [-0.4, -0.2) is 65.3 Å². The van der Waals surface area contributed by atoms with E-state index in [9.17, 15) is 5.21 Å². The first-order valence-corrected chi connectivity index (χ1v) is 6.74. The van der Waals surface area contributed by atoms with Gasteiger partial charge in [-0.15, -0.1) is 0 Å². The number of hydrogen-bond donors (Lipinski definition) is 1. The molecule has 0 saturated carbocycles. The summed E-state index contributed by atoms with van der Waals surface area (Å²) in [6.07, 6.45) is 0. The van der Waals surface area contributed by atoms with E-state index >= 15 is 0 Å². The van der Waals surface area contributed by atoms with Crippen LogP contribution in [0.1, 0.15) is 5.56 Å². The molecule has 0 unspecified atom stereocenters. The molecule has 0 radical (unpaired) electrons. The second-order valence-corrected chi connectivity index (χ2v) is 6.01. The van der Waals surface area contributed by atoms with Crippen molar-refractivity contribution in [3.63, 3.8) is 0 Å². The highest BCUT2D eigenvalue weighted by molar-refractivity contribution is 6.05. The van der Waals surface area contributed by atoms with E-state index in [1.807, 2.05) is 30.3 Å². The third-order valence-electron chi connectivity index (χ3n) is 4.43. The Bertz CT molecular complexity index is 478. The molecule has 0 spiro atoms. The van der Waals surface area contributed by atoms with Gasteiger partial charge >= 0.3 is 0 Å². The SMILES string of the molecule is ON=C(c1ccccc1)C12CN3CN(CN(C3)C1)C2. The zero-order valence-electron chi connectivity index (χ0n) is 10.9. The summed E-state index contributed by atoms with van der Waals surface area (Å²) in [5.41, 5.74) is 1.83. The van der Waals surface area contributed by atoms with Gasteiger partial charge in [0.2, 0.25) is 0 Å².